The molecular weight excluding hydrogens is 326 g/mol. The number of ether oxygens (including phenoxy) is 2. The second kappa shape index (κ2) is 8.17. The zero-order chi connectivity index (χ0) is 17.6. The fourth-order valence-electron chi connectivity index (χ4n) is 2.31. The molecule has 6 heteroatoms. The van der Waals surface area contributed by atoms with Crippen molar-refractivity contribution in [2.75, 3.05) is 13.2 Å². The first-order valence-corrected chi connectivity index (χ1v) is 9.43. The van der Waals surface area contributed by atoms with Gasteiger partial charge in [0, 0.05) is 6.04 Å². The van der Waals surface area contributed by atoms with Crippen LogP contribution in [0.2, 0.25) is 0 Å². The molecule has 1 N–H and O–H groups in total. The maximum Gasteiger partial charge on any atom is 0.241 e. The average molecular weight is 349 g/mol. The first-order valence-electron chi connectivity index (χ1n) is 7.94. The van der Waals surface area contributed by atoms with Crippen LogP contribution in [-0.2, 0) is 10.0 Å². The molecule has 0 amide bonds. The normalized spacial score (nSPS) is 12.6. The number of nitrogens with one attached hydrogen (secondary N) is 1. The molecule has 2 rings (SSSR count). The molecule has 0 radical (unpaired) electrons. The Morgan fingerprint density at radius 2 is 1.58 bits per heavy atom. The van der Waals surface area contributed by atoms with E-state index in [2.05, 4.69) is 4.72 Å². The molecule has 0 spiro atoms. The summed E-state index contributed by atoms with van der Waals surface area (Å²) in [7, 11) is -3.58. The van der Waals surface area contributed by atoms with E-state index >= 15 is 0 Å². The van der Waals surface area contributed by atoms with Crippen molar-refractivity contribution < 1.29 is 17.9 Å². The highest BCUT2D eigenvalue weighted by molar-refractivity contribution is 7.89. The van der Waals surface area contributed by atoms with Crippen LogP contribution in [-0.4, -0.2) is 21.6 Å². The summed E-state index contributed by atoms with van der Waals surface area (Å²) in [5.74, 6) is 1.27. The van der Waals surface area contributed by atoms with Gasteiger partial charge < -0.3 is 9.47 Å². The standard InChI is InChI=1S/C18H23NO4S/c1-4-22-17-12-11-15(13-18(17)23-5-2)14(3)19-24(20,21)16-9-7-6-8-10-16/h6-14,19H,4-5H2,1-3H3. The first kappa shape index (κ1) is 18.3. The molecule has 0 bridgehead atoms. The van der Waals surface area contributed by atoms with E-state index in [1.165, 1.54) is 0 Å². The Morgan fingerprint density at radius 3 is 2.21 bits per heavy atom. The van der Waals surface area contributed by atoms with Crippen molar-refractivity contribution in [3.63, 3.8) is 0 Å². The van der Waals surface area contributed by atoms with Crippen LogP contribution in [0.3, 0.4) is 0 Å². The lowest BCUT2D eigenvalue weighted by Crippen LogP contribution is -2.26. The summed E-state index contributed by atoms with van der Waals surface area (Å²) in [6.07, 6.45) is 0. The summed E-state index contributed by atoms with van der Waals surface area (Å²) in [5, 5.41) is 0. The van der Waals surface area contributed by atoms with Gasteiger partial charge in [-0.05, 0) is 50.6 Å². The van der Waals surface area contributed by atoms with Crippen LogP contribution in [0.4, 0.5) is 0 Å². The Labute approximate surface area is 143 Å². The van der Waals surface area contributed by atoms with Crippen LogP contribution < -0.4 is 14.2 Å². The minimum atomic E-state index is -3.58. The molecule has 0 aliphatic rings. The molecule has 130 valence electrons. The second-order valence-corrected chi connectivity index (χ2v) is 6.94. The average Bonchev–Trinajstić information content (AvgIpc) is 2.57. The maximum atomic E-state index is 12.4. The molecule has 24 heavy (non-hydrogen) atoms. The van der Waals surface area contributed by atoms with Gasteiger partial charge in [-0.2, -0.15) is 0 Å². The molecule has 5 nitrogen and oxygen atoms in total. The van der Waals surface area contributed by atoms with Crippen molar-refractivity contribution in [2.24, 2.45) is 0 Å². The molecule has 2 aromatic carbocycles. The van der Waals surface area contributed by atoms with E-state index < -0.39 is 16.1 Å². The van der Waals surface area contributed by atoms with E-state index in [0.29, 0.717) is 24.7 Å². The monoisotopic (exact) mass is 349 g/mol. The summed E-state index contributed by atoms with van der Waals surface area (Å²) >= 11 is 0. The topological polar surface area (TPSA) is 64.6 Å². The lowest BCUT2D eigenvalue weighted by Gasteiger charge is -2.17. The number of hydrogen-bond acceptors (Lipinski definition) is 4. The van der Waals surface area contributed by atoms with Crippen molar-refractivity contribution >= 4 is 10.0 Å². The van der Waals surface area contributed by atoms with Crippen LogP contribution in [0.25, 0.3) is 0 Å². The molecule has 2 aromatic rings. The summed E-state index contributed by atoms with van der Waals surface area (Å²) in [6.45, 7) is 6.64. The van der Waals surface area contributed by atoms with Gasteiger partial charge in [-0.1, -0.05) is 24.3 Å². The highest BCUT2D eigenvalue weighted by Gasteiger charge is 2.19. The Kier molecular flexibility index (Phi) is 6.23. The van der Waals surface area contributed by atoms with Gasteiger partial charge in [0.2, 0.25) is 10.0 Å². The number of hydrogen-bond donors (Lipinski definition) is 1. The van der Waals surface area contributed by atoms with Crippen molar-refractivity contribution in [1.82, 2.24) is 4.72 Å². The third-order valence-electron chi connectivity index (χ3n) is 3.45. The van der Waals surface area contributed by atoms with Gasteiger partial charge in [0.25, 0.3) is 0 Å². The second-order valence-electron chi connectivity index (χ2n) is 5.23. The van der Waals surface area contributed by atoms with Crippen LogP contribution in [0.5, 0.6) is 11.5 Å². The van der Waals surface area contributed by atoms with Crippen LogP contribution in [0, 0.1) is 0 Å². The molecule has 0 saturated heterocycles. The molecular formula is C18H23NO4S. The SMILES string of the molecule is CCOc1ccc(C(C)NS(=O)(=O)c2ccccc2)cc1OCC. The molecule has 0 heterocycles. The van der Waals surface area contributed by atoms with E-state index in [0.717, 1.165) is 5.56 Å². The van der Waals surface area contributed by atoms with Gasteiger partial charge in [-0.15, -0.1) is 0 Å². The van der Waals surface area contributed by atoms with Crippen molar-refractivity contribution in [3.8, 4) is 11.5 Å². The summed E-state index contributed by atoms with van der Waals surface area (Å²) < 4.78 is 38.7. The number of benzene rings is 2. The Morgan fingerprint density at radius 1 is 0.958 bits per heavy atom. The molecule has 0 saturated carbocycles. The minimum absolute atomic E-state index is 0.243. The Balaban J connectivity index is 2.23. The first-order chi connectivity index (χ1) is 11.5. The third-order valence-corrected chi connectivity index (χ3v) is 5.01. The summed E-state index contributed by atoms with van der Waals surface area (Å²) in [5.41, 5.74) is 0.807. The lowest BCUT2D eigenvalue weighted by molar-refractivity contribution is 0.287. The van der Waals surface area contributed by atoms with Gasteiger partial charge in [0.15, 0.2) is 11.5 Å². The highest BCUT2D eigenvalue weighted by atomic mass is 32.2. The predicted octanol–water partition coefficient (Wildman–Crippen LogP) is 3.52. The number of sulfonamides is 1. The lowest BCUT2D eigenvalue weighted by atomic mass is 10.1. The molecule has 1 atom stereocenters. The molecule has 0 aliphatic carbocycles. The van der Waals surface area contributed by atoms with E-state index in [1.807, 2.05) is 26.0 Å². The van der Waals surface area contributed by atoms with Gasteiger partial charge in [-0.25, -0.2) is 13.1 Å². The summed E-state index contributed by atoms with van der Waals surface area (Å²) in [4.78, 5) is 0.243. The molecule has 0 fully saturated rings. The zero-order valence-electron chi connectivity index (χ0n) is 14.2. The highest BCUT2D eigenvalue weighted by Crippen LogP contribution is 2.31. The van der Waals surface area contributed by atoms with E-state index in [9.17, 15) is 8.42 Å². The van der Waals surface area contributed by atoms with E-state index in [1.54, 1.807) is 43.3 Å². The van der Waals surface area contributed by atoms with Crippen LogP contribution >= 0.6 is 0 Å². The van der Waals surface area contributed by atoms with Gasteiger partial charge in [0.05, 0.1) is 18.1 Å². The predicted molar refractivity (Wildman–Crippen MR) is 94.0 cm³/mol. The zero-order valence-corrected chi connectivity index (χ0v) is 15.0. The largest absolute Gasteiger partial charge is 0.490 e. The Hall–Kier alpha value is -2.05. The van der Waals surface area contributed by atoms with Gasteiger partial charge in [-0.3, -0.25) is 0 Å². The molecule has 1 unspecified atom stereocenters. The minimum Gasteiger partial charge on any atom is -0.490 e. The van der Waals surface area contributed by atoms with Crippen molar-refractivity contribution in [3.05, 3.63) is 54.1 Å². The van der Waals surface area contributed by atoms with Crippen molar-refractivity contribution in [2.45, 2.75) is 31.7 Å². The van der Waals surface area contributed by atoms with Gasteiger partial charge >= 0.3 is 0 Å². The van der Waals surface area contributed by atoms with Crippen LogP contribution in [0.1, 0.15) is 32.4 Å². The van der Waals surface area contributed by atoms with E-state index in [-0.39, 0.29) is 4.90 Å². The fourth-order valence-corrected chi connectivity index (χ4v) is 3.56. The van der Waals surface area contributed by atoms with Gasteiger partial charge in [0.1, 0.15) is 0 Å². The quantitative estimate of drug-likeness (QED) is 0.792. The van der Waals surface area contributed by atoms with Crippen LogP contribution in [0.15, 0.2) is 53.4 Å². The molecule has 0 aromatic heterocycles. The maximum absolute atomic E-state index is 12.4. The molecule has 0 aliphatic heterocycles. The number of rotatable bonds is 8. The summed E-state index contributed by atoms with van der Waals surface area (Å²) in [6, 6.07) is 13.4. The van der Waals surface area contributed by atoms with E-state index in [4.69, 9.17) is 9.47 Å². The third kappa shape index (κ3) is 4.49. The fraction of sp³-hybridized carbons (Fsp3) is 0.333. The smallest absolute Gasteiger partial charge is 0.241 e. The van der Waals surface area contributed by atoms with Crippen molar-refractivity contribution in [1.29, 1.82) is 0 Å². The Bertz CT molecular complexity index is 760.